The van der Waals surface area contributed by atoms with Gasteiger partial charge in [0.2, 0.25) is 5.13 Å². The number of carboxylic acids is 1. The molecule has 1 heterocycles. The monoisotopic (exact) mass is 213 g/mol. The van der Waals surface area contributed by atoms with Gasteiger partial charge in [0, 0.05) is 6.54 Å². The van der Waals surface area contributed by atoms with Crippen LogP contribution in [0.2, 0.25) is 0 Å². The maximum absolute atomic E-state index is 11.0. The summed E-state index contributed by atoms with van der Waals surface area (Å²) in [5, 5.41) is 20.2. The highest BCUT2D eigenvalue weighted by atomic mass is 32.1. The van der Waals surface area contributed by atoms with Crippen LogP contribution in [0.1, 0.15) is 19.3 Å². The van der Waals surface area contributed by atoms with Crippen molar-refractivity contribution >= 4 is 22.4 Å². The molecule has 14 heavy (non-hydrogen) atoms. The standard InChI is InChI=1S/C8H11N3O2S/c12-6(13)8(2-1-3-8)4-9-7-11-10-5-14-7/h5H,1-4H2,(H,9,11)(H,12,13). The summed E-state index contributed by atoms with van der Waals surface area (Å²) in [4.78, 5) is 11.0. The lowest BCUT2D eigenvalue weighted by Crippen LogP contribution is -2.43. The summed E-state index contributed by atoms with van der Waals surface area (Å²) in [6.45, 7) is 0.456. The molecular weight excluding hydrogens is 202 g/mol. The Balaban J connectivity index is 1.93. The first-order chi connectivity index (χ1) is 6.73. The van der Waals surface area contributed by atoms with E-state index in [0.717, 1.165) is 19.3 Å². The lowest BCUT2D eigenvalue weighted by atomic mass is 9.69. The number of aromatic nitrogens is 2. The maximum Gasteiger partial charge on any atom is 0.311 e. The molecule has 2 rings (SSSR count). The van der Waals surface area contributed by atoms with Gasteiger partial charge in [0.05, 0.1) is 5.41 Å². The van der Waals surface area contributed by atoms with Gasteiger partial charge >= 0.3 is 5.97 Å². The second-order valence-electron chi connectivity index (χ2n) is 3.54. The van der Waals surface area contributed by atoms with Crippen LogP contribution in [0.5, 0.6) is 0 Å². The lowest BCUT2D eigenvalue weighted by Gasteiger charge is -2.37. The highest BCUT2D eigenvalue weighted by molar-refractivity contribution is 7.13. The summed E-state index contributed by atoms with van der Waals surface area (Å²) in [6.07, 6.45) is 2.52. The van der Waals surface area contributed by atoms with Gasteiger partial charge in [-0.1, -0.05) is 17.8 Å². The molecule has 6 heteroatoms. The predicted molar refractivity (Wildman–Crippen MR) is 52.3 cm³/mol. The van der Waals surface area contributed by atoms with Crippen LogP contribution in [0.25, 0.3) is 0 Å². The minimum absolute atomic E-state index is 0.456. The zero-order valence-electron chi connectivity index (χ0n) is 7.56. The second kappa shape index (κ2) is 3.53. The van der Waals surface area contributed by atoms with Gasteiger partial charge in [0.15, 0.2) is 0 Å². The van der Waals surface area contributed by atoms with Crippen molar-refractivity contribution in [3.8, 4) is 0 Å². The molecule has 0 saturated heterocycles. The molecule has 0 aliphatic heterocycles. The van der Waals surface area contributed by atoms with Crippen LogP contribution in [0.3, 0.4) is 0 Å². The van der Waals surface area contributed by atoms with Gasteiger partial charge in [-0.15, -0.1) is 10.2 Å². The molecule has 0 unspecified atom stereocenters. The Hall–Kier alpha value is -1.17. The summed E-state index contributed by atoms with van der Waals surface area (Å²) < 4.78 is 0. The minimum atomic E-state index is -0.708. The smallest absolute Gasteiger partial charge is 0.311 e. The van der Waals surface area contributed by atoms with Gasteiger partial charge in [-0.05, 0) is 12.8 Å². The number of hydrogen-bond acceptors (Lipinski definition) is 5. The van der Waals surface area contributed by atoms with Crippen molar-refractivity contribution in [1.29, 1.82) is 0 Å². The first kappa shape index (κ1) is 9.39. The Labute approximate surface area is 85.2 Å². The molecule has 2 N–H and O–H groups in total. The molecule has 0 aromatic carbocycles. The van der Waals surface area contributed by atoms with E-state index in [0.29, 0.717) is 11.7 Å². The molecule has 1 aromatic rings. The fourth-order valence-electron chi connectivity index (χ4n) is 1.56. The Morgan fingerprint density at radius 2 is 2.50 bits per heavy atom. The molecule has 0 radical (unpaired) electrons. The van der Waals surface area contributed by atoms with Gasteiger partial charge in [-0.2, -0.15) is 0 Å². The van der Waals surface area contributed by atoms with E-state index in [1.165, 1.54) is 11.3 Å². The zero-order chi connectivity index (χ0) is 10.0. The van der Waals surface area contributed by atoms with E-state index in [4.69, 9.17) is 5.11 Å². The van der Waals surface area contributed by atoms with Gasteiger partial charge < -0.3 is 10.4 Å². The normalized spacial score (nSPS) is 18.6. The average Bonchev–Trinajstić information content (AvgIpc) is 2.53. The van der Waals surface area contributed by atoms with Gasteiger partial charge in [-0.3, -0.25) is 4.79 Å². The zero-order valence-corrected chi connectivity index (χ0v) is 8.38. The van der Waals surface area contributed by atoms with Crippen LogP contribution in [-0.2, 0) is 4.79 Å². The largest absolute Gasteiger partial charge is 0.481 e. The molecule has 1 fully saturated rings. The predicted octanol–water partition coefficient (Wildman–Crippen LogP) is 1.20. The Kier molecular flexibility index (Phi) is 2.37. The third-order valence-corrected chi connectivity index (χ3v) is 3.35. The fraction of sp³-hybridized carbons (Fsp3) is 0.625. The lowest BCUT2D eigenvalue weighted by molar-refractivity contribution is -0.153. The van der Waals surface area contributed by atoms with E-state index < -0.39 is 11.4 Å². The number of nitrogens with one attached hydrogen (secondary N) is 1. The highest BCUT2D eigenvalue weighted by Gasteiger charge is 2.44. The summed E-state index contributed by atoms with van der Waals surface area (Å²) in [6, 6.07) is 0. The van der Waals surface area contributed by atoms with E-state index in [9.17, 15) is 4.79 Å². The van der Waals surface area contributed by atoms with Crippen LogP contribution in [0.4, 0.5) is 5.13 Å². The number of carbonyl (C=O) groups is 1. The molecule has 0 bridgehead atoms. The number of aliphatic carboxylic acids is 1. The Bertz CT molecular complexity index is 321. The van der Waals surface area contributed by atoms with E-state index in [1.807, 2.05) is 0 Å². The molecule has 0 spiro atoms. The highest BCUT2D eigenvalue weighted by Crippen LogP contribution is 2.41. The Morgan fingerprint density at radius 1 is 1.71 bits per heavy atom. The molecule has 1 aliphatic rings. The summed E-state index contributed by atoms with van der Waals surface area (Å²) >= 11 is 1.38. The Morgan fingerprint density at radius 3 is 2.93 bits per heavy atom. The molecule has 1 aromatic heterocycles. The van der Waals surface area contributed by atoms with E-state index >= 15 is 0 Å². The topological polar surface area (TPSA) is 75.1 Å². The summed E-state index contributed by atoms with van der Waals surface area (Å²) in [5.74, 6) is -0.708. The van der Waals surface area contributed by atoms with E-state index in [-0.39, 0.29) is 0 Å². The number of anilines is 1. The number of rotatable bonds is 4. The van der Waals surface area contributed by atoms with E-state index in [2.05, 4.69) is 15.5 Å². The quantitative estimate of drug-likeness (QED) is 0.786. The van der Waals surface area contributed by atoms with Crippen molar-refractivity contribution in [2.24, 2.45) is 5.41 Å². The fourth-order valence-corrected chi connectivity index (χ4v) is 2.01. The van der Waals surface area contributed by atoms with Crippen LogP contribution in [0.15, 0.2) is 5.51 Å². The van der Waals surface area contributed by atoms with Crippen LogP contribution >= 0.6 is 11.3 Å². The van der Waals surface area contributed by atoms with Gasteiger partial charge in [0.25, 0.3) is 0 Å². The third kappa shape index (κ3) is 1.57. The molecule has 1 aliphatic carbocycles. The molecule has 0 atom stereocenters. The van der Waals surface area contributed by atoms with Crippen molar-refractivity contribution in [3.63, 3.8) is 0 Å². The average molecular weight is 213 g/mol. The van der Waals surface area contributed by atoms with Crippen molar-refractivity contribution in [1.82, 2.24) is 10.2 Å². The van der Waals surface area contributed by atoms with Crippen molar-refractivity contribution in [2.45, 2.75) is 19.3 Å². The van der Waals surface area contributed by atoms with Crippen LogP contribution in [-0.4, -0.2) is 27.8 Å². The van der Waals surface area contributed by atoms with Crippen molar-refractivity contribution in [2.75, 3.05) is 11.9 Å². The first-order valence-corrected chi connectivity index (χ1v) is 5.34. The summed E-state index contributed by atoms with van der Waals surface area (Å²) in [7, 11) is 0. The van der Waals surface area contributed by atoms with Gasteiger partial charge in [-0.25, -0.2) is 0 Å². The van der Waals surface area contributed by atoms with Crippen molar-refractivity contribution < 1.29 is 9.90 Å². The number of hydrogen-bond donors (Lipinski definition) is 2. The van der Waals surface area contributed by atoms with Crippen LogP contribution in [0, 0.1) is 5.41 Å². The van der Waals surface area contributed by atoms with Crippen LogP contribution < -0.4 is 5.32 Å². The number of nitrogens with zero attached hydrogens (tertiary/aromatic N) is 2. The van der Waals surface area contributed by atoms with Crippen molar-refractivity contribution in [3.05, 3.63) is 5.51 Å². The third-order valence-electron chi connectivity index (χ3n) is 2.70. The number of carboxylic acid groups (broad SMARTS) is 1. The molecular formula is C8H11N3O2S. The first-order valence-electron chi connectivity index (χ1n) is 4.46. The SMILES string of the molecule is O=C(O)C1(CNc2nncs2)CCC1. The minimum Gasteiger partial charge on any atom is -0.481 e. The van der Waals surface area contributed by atoms with E-state index in [1.54, 1.807) is 5.51 Å². The summed E-state index contributed by atoms with van der Waals surface area (Å²) in [5.41, 5.74) is 1.06. The maximum atomic E-state index is 11.0. The van der Waals surface area contributed by atoms with Gasteiger partial charge in [0.1, 0.15) is 5.51 Å². The second-order valence-corrected chi connectivity index (χ2v) is 4.37. The molecule has 0 amide bonds. The molecule has 76 valence electrons. The molecule has 5 nitrogen and oxygen atoms in total. The molecule has 1 saturated carbocycles.